The summed E-state index contributed by atoms with van der Waals surface area (Å²) in [5.41, 5.74) is 4.13. The van der Waals surface area contributed by atoms with Crippen molar-refractivity contribution < 1.29 is 9.59 Å². The Hall–Kier alpha value is -3.43. The van der Waals surface area contributed by atoms with Crippen molar-refractivity contribution >= 4 is 56.5 Å². The van der Waals surface area contributed by atoms with E-state index in [9.17, 15) is 14.4 Å². The van der Waals surface area contributed by atoms with E-state index in [4.69, 9.17) is 0 Å². The topological polar surface area (TPSA) is 104 Å². The van der Waals surface area contributed by atoms with Gasteiger partial charge in [-0.1, -0.05) is 49.9 Å². The normalized spacial score (nSPS) is 12.0. The molecular formula is C26H26N4O3S2. The lowest BCUT2D eigenvalue weighted by Gasteiger charge is -2.12. The third kappa shape index (κ3) is 5.80. The van der Waals surface area contributed by atoms with Crippen molar-refractivity contribution in [3.63, 3.8) is 0 Å². The Morgan fingerprint density at radius 1 is 0.971 bits per heavy atom. The van der Waals surface area contributed by atoms with E-state index in [1.54, 1.807) is 31.2 Å². The molecular weight excluding hydrogens is 480 g/mol. The van der Waals surface area contributed by atoms with Crippen LogP contribution in [-0.2, 0) is 9.59 Å². The lowest BCUT2D eigenvalue weighted by atomic mass is 9.99. The summed E-state index contributed by atoms with van der Waals surface area (Å²) in [7, 11) is 0. The average Bonchev–Trinajstić information content (AvgIpc) is 3.24. The second-order valence-corrected chi connectivity index (χ2v) is 10.7. The number of hydrogen-bond donors (Lipinski definition) is 3. The first-order valence-corrected chi connectivity index (χ1v) is 12.9. The molecule has 0 fully saturated rings. The Labute approximate surface area is 211 Å². The summed E-state index contributed by atoms with van der Waals surface area (Å²) in [6.07, 6.45) is 0. The number of hydrogen-bond acceptors (Lipinski definition) is 6. The second-order valence-electron chi connectivity index (χ2n) is 8.49. The maximum absolute atomic E-state index is 12.9. The van der Waals surface area contributed by atoms with Gasteiger partial charge in [-0.05, 0) is 48.2 Å². The van der Waals surface area contributed by atoms with Gasteiger partial charge in [-0.25, -0.2) is 4.98 Å². The molecule has 2 aromatic carbocycles. The maximum atomic E-state index is 12.9. The van der Waals surface area contributed by atoms with Crippen molar-refractivity contribution in [1.29, 1.82) is 0 Å². The van der Waals surface area contributed by atoms with E-state index in [-0.39, 0.29) is 17.4 Å². The van der Waals surface area contributed by atoms with E-state index in [1.807, 2.05) is 17.5 Å². The smallest absolute Gasteiger partial charge is 0.260 e. The van der Waals surface area contributed by atoms with Gasteiger partial charge in [0.25, 0.3) is 5.56 Å². The van der Waals surface area contributed by atoms with Gasteiger partial charge in [0, 0.05) is 29.2 Å². The fourth-order valence-corrected chi connectivity index (χ4v) is 5.35. The molecule has 0 bridgehead atoms. The highest BCUT2D eigenvalue weighted by molar-refractivity contribution is 8.00. The van der Waals surface area contributed by atoms with E-state index < -0.39 is 5.25 Å². The van der Waals surface area contributed by atoms with Crippen LogP contribution in [0.1, 0.15) is 39.2 Å². The van der Waals surface area contributed by atoms with Gasteiger partial charge in [0.1, 0.15) is 4.83 Å². The number of carbonyl (C=O) groups is 2. The number of amides is 2. The predicted molar refractivity (Wildman–Crippen MR) is 144 cm³/mol. The van der Waals surface area contributed by atoms with Crippen LogP contribution in [0.15, 0.2) is 63.9 Å². The highest BCUT2D eigenvalue weighted by atomic mass is 32.2. The number of fused-ring (bicyclic) bond motifs is 1. The van der Waals surface area contributed by atoms with Gasteiger partial charge in [0.05, 0.1) is 10.6 Å². The highest BCUT2D eigenvalue weighted by Gasteiger charge is 2.19. The molecule has 3 N–H and O–H groups in total. The summed E-state index contributed by atoms with van der Waals surface area (Å²) >= 11 is 2.61. The van der Waals surface area contributed by atoms with Gasteiger partial charge in [0.15, 0.2) is 5.16 Å². The number of thiophene rings is 1. The number of anilines is 2. The first kappa shape index (κ1) is 24.7. The lowest BCUT2D eigenvalue weighted by Crippen LogP contribution is -2.23. The molecule has 0 aliphatic heterocycles. The Balaban J connectivity index is 1.48. The maximum Gasteiger partial charge on any atom is 0.260 e. The van der Waals surface area contributed by atoms with Crippen molar-refractivity contribution in [2.75, 3.05) is 10.6 Å². The van der Waals surface area contributed by atoms with E-state index in [0.29, 0.717) is 32.7 Å². The van der Waals surface area contributed by atoms with Crippen LogP contribution in [-0.4, -0.2) is 27.0 Å². The molecule has 9 heteroatoms. The van der Waals surface area contributed by atoms with E-state index in [2.05, 4.69) is 46.6 Å². The Bertz CT molecular complexity index is 1420. The molecule has 0 radical (unpaired) electrons. The van der Waals surface area contributed by atoms with Crippen molar-refractivity contribution in [1.82, 2.24) is 9.97 Å². The third-order valence-corrected chi connectivity index (χ3v) is 7.30. The summed E-state index contributed by atoms with van der Waals surface area (Å²) in [4.78, 5) is 44.8. The molecule has 0 spiro atoms. The van der Waals surface area contributed by atoms with Gasteiger partial charge in [-0.3, -0.25) is 14.4 Å². The quantitative estimate of drug-likeness (QED) is 0.215. The molecule has 2 aromatic heterocycles. The predicted octanol–water partition coefficient (Wildman–Crippen LogP) is 5.85. The molecule has 4 rings (SSSR count). The minimum absolute atomic E-state index is 0.160. The van der Waals surface area contributed by atoms with Crippen LogP contribution in [0.5, 0.6) is 0 Å². The largest absolute Gasteiger partial charge is 0.326 e. The molecule has 0 saturated heterocycles. The summed E-state index contributed by atoms with van der Waals surface area (Å²) in [6, 6.07) is 15.1. The summed E-state index contributed by atoms with van der Waals surface area (Å²) < 4.78 is 0. The Morgan fingerprint density at radius 3 is 2.20 bits per heavy atom. The number of aromatic nitrogens is 2. The van der Waals surface area contributed by atoms with Crippen molar-refractivity contribution in [3.05, 3.63) is 69.8 Å². The minimum atomic E-state index is -0.492. The second kappa shape index (κ2) is 10.5. The van der Waals surface area contributed by atoms with Gasteiger partial charge >= 0.3 is 0 Å². The summed E-state index contributed by atoms with van der Waals surface area (Å²) in [5.74, 6) is 0.0597. The van der Waals surface area contributed by atoms with E-state index in [1.165, 1.54) is 35.6 Å². The Morgan fingerprint density at radius 2 is 1.60 bits per heavy atom. The monoisotopic (exact) mass is 506 g/mol. The molecule has 7 nitrogen and oxygen atoms in total. The molecule has 180 valence electrons. The molecule has 2 amide bonds. The lowest BCUT2D eigenvalue weighted by molar-refractivity contribution is -0.115. The number of aromatic amines is 1. The number of nitrogens with zero attached hydrogens (tertiary/aromatic N) is 1. The Kier molecular flexibility index (Phi) is 7.37. The number of nitrogens with one attached hydrogen (secondary N) is 3. The van der Waals surface area contributed by atoms with Gasteiger partial charge in [-0.15, -0.1) is 11.3 Å². The van der Waals surface area contributed by atoms with Crippen LogP contribution in [0.2, 0.25) is 0 Å². The molecule has 0 saturated carbocycles. The first-order valence-electron chi connectivity index (χ1n) is 11.2. The van der Waals surface area contributed by atoms with Gasteiger partial charge in [0.2, 0.25) is 11.8 Å². The fraction of sp³-hybridized carbons (Fsp3) is 0.231. The zero-order valence-electron chi connectivity index (χ0n) is 19.8. The molecule has 0 aliphatic rings. The van der Waals surface area contributed by atoms with E-state index >= 15 is 0 Å². The standard InChI is InChI=1S/C26H26N4O3S2/c1-14(2)17-5-7-18(8-6-17)21-13-34-25-22(21)24(33)29-26(30-25)35-15(3)23(32)28-20-11-9-19(10-12-20)27-16(4)31/h5-15H,1-4H3,(H,27,31)(H,28,32)(H,29,30,33). The van der Waals surface area contributed by atoms with E-state index in [0.717, 1.165) is 11.1 Å². The molecule has 35 heavy (non-hydrogen) atoms. The molecule has 2 heterocycles. The number of H-pyrrole nitrogens is 1. The van der Waals surface area contributed by atoms with Crippen molar-refractivity contribution in [3.8, 4) is 11.1 Å². The minimum Gasteiger partial charge on any atom is -0.326 e. The highest BCUT2D eigenvalue weighted by Crippen LogP contribution is 2.33. The first-order chi connectivity index (χ1) is 16.7. The number of rotatable bonds is 7. The number of thioether (sulfide) groups is 1. The number of benzene rings is 2. The average molecular weight is 507 g/mol. The third-order valence-electron chi connectivity index (χ3n) is 5.44. The zero-order chi connectivity index (χ0) is 25.1. The van der Waals surface area contributed by atoms with Crippen LogP contribution in [0, 0.1) is 0 Å². The summed E-state index contributed by atoms with van der Waals surface area (Å²) in [6.45, 7) is 7.49. The van der Waals surface area contributed by atoms with Crippen molar-refractivity contribution in [2.45, 2.75) is 44.0 Å². The van der Waals surface area contributed by atoms with Crippen LogP contribution in [0.3, 0.4) is 0 Å². The van der Waals surface area contributed by atoms with Gasteiger partial charge < -0.3 is 15.6 Å². The molecule has 4 aromatic rings. The zero-order valence-corrected chi connectivity index (χ0v) is 21.5. The van der Waals surface area contributed by atoms with Crippen LogP contribution in [0.4, 0.5) is 11.4 Å². The van der Waals surface area contributed by atoms with Crippen LogP contribution < -0.4 is 16.2 Å². The van der Waals surface area contributed by atoms with Crippen LogP contribution in [0.25, 0.3) is 21.3 Å². The van der Waals surface area contributed by atoms with Crippen molar-refractivity contribution in [2.24, 2.45) is 0 Å². The summed E-state index contributed by atoms with van der Waals surface area (Å²) in [5, 5.41) is 7.95. The number of carbonyl (C=O) groups excluding carboxylic acids is 2. The fourth-order valence-electron chi connectivity index (χ4n) is 3.55. The van der Waals surface area contributed by atoms with Crippen LogP contribution >= 0.6 is 23.1 Å². The van der Waals surface area contributed by atoms with Gasteiger partial charge in [-0.2, -0.15) is 0 Å². The molecule has 0 aliphatic carbocycles. The molecule has 1 unspecified atom stereocenters. The SMILES string of the molecule is CC(=O)Nc1ccc(NC(=O)C(C)Sc2nc3scc(-c4ccc(C(C)C)cc4)c3c(=O)[nH]2)cc1. The molecule has 1 atom stereocenters.